The van der Waals surface area contributed by atoms with E-state index in [0.29, 0.717) is 18.0 Å². The summed E-state index contributed by atoms with van der Waals surface area (Å²) in [6, 6.07) is 5.39. The van der Waals surface area contributed by atoms with E-state index in [2.05, 4.69) is 32.9 Å². The summed E-state index contributed by atoms with van der Waals surface area (Å²) in [6.45, 7) is 6.87. The Hall–Kier alpha value is -2.66. The molecule has 3 heterocycles. The first-order chi connectivity index (χ1) is 15.3. The highest BCUT2D eigenvalue weighted by Crippen LogP contribution is 2.56. The molecule has 2 unspecified atom stereocenters. The minimum atomic E-state index is -0.876. The number of nitrogens with two attached hydrogens (primary N) is 1. The van der Waals surface area contributed by atoms with Crippen LogP contribution in [0.4, 0.5) is 0 Å². The number of carbonyl (C=O) groups excluding carboxylic acids is 2. The second kappa shape index (κ2) is 9.07. The van der Waals surface area contributed by atoms with Gasteiger partial charge in [-0.2, -0.15) is 5.21 Å². The fraction of sp³-hybridized carbons (Fsp3) is 0.571. The molecular weight excluding hydrogens is 430 g/mol. The van der Waals surface area contributed by atoms with Crippen LogP contribution < -0.4 is 15.8 Å². The maximum absolute atomic E-state index is 12.9. The summed E-state index contributed by atoms with van der Waals surface area (Å²) in [5, 5.41) is 16.8. The lowest BCUT2D eigenvalue weighted by Gasteiger charge is -2.44. The molecule has 10 nitrogen and oxygen atoms in total. The highest BCUT2D eigenvalue weighted by atomic mass is 32.2. The Morgan fingerprint density at radius 2 is 2.09 bits per heavy atom. The number of thioether (sulfide) groups is 1. The van der Waals surface area contributed by atoms with Gasteiger partial charge in [-0.15, -0.1) is 22.0 Å². The van der Waals surface area contributed by atoms with Crippen molar-refractivity contribution in [1.82, 2.24) is 30.8 Å². The molecular formula is C21H29N7O3S. The number of nitrogens with one attached hydrogen (secondary N) is 2. The van der Waals surface area contributed by atoms with Crippen molar-refractivity contribution in [3.8, 4) is 5.75 Å². The quantitative estimate of drug-likeness (QED) is 0.380. The van der Waals surface area contributed by atoms with Crippen LogP contribution in [0, 0.1) is 0 Å². The molecule has 1 aromatic carbocycles. The molecule has 4 N–H and O–H groups in total. The Balaban J connectivity index is 1.36. The minimum Gasteiger partial charge on any atom is -0.494 e. The molecule has 4 rings (SSSR count). The zero-order valence-corrected chi connectivity index (χ0v) is 19.3. The second-order valence-corrected chi connectivity index (χ2v) is 10.4. The first-order valence-electron chi connectivity index (χ1n) is 10.9. The lowest BCUT2D eigenvalue weighted by Crippen LogP contribution is -2.68. The smallest absolute Gasteiger partial charge is 0.249 e. The number of benzene rings is 1. The zero-order valence-electron chi connectivity index (χ0n) is 18.4. The highest BCUT2D eigenvalue weighted by molar-refractivity contribution is 8.01. The number of aromatic nitrogens is 4. The Labute approximate surface area is 191 Å². The number of nitrogens with zero attached hydrogens (tertiary/aromatic N) is 4. The number of H-pyrrole nitrogens is 1. The number of β-lactam (4-membered cyclic amide) rings is 1. The number of amides is 2. The van der Waals surface area contributed by atoms with Gasteiger partial charge in [0.2, 0.25) is 11.8 Å². The van der Waals surface area contributed by atoms with E-state index < -0.39 is 12.1 Å². The zero-order chi connectivity index (χ0) is 22.9. The third-order valence-electron chi connectivity index (χ3n) is 5.88. The van der Waals surface area contributed by atoms with Crippen molar-refractivity contribution < 1.29 is 14.3 Å². The van der Waals surface area contributed by atoms with Gasteiger partial charge < -0.3 is 20.7 Å². The van der Waals surface area contributed by atoms with Crippen molar-refractivity contribution in [1.29, 1.82) is 0 Å². The van der Waals surface area contributed by atoms with E-state index in [9.17, 15) is 9.59 Å². The minimum absolute atomic E-state index is 0.167. The third kappa shape index (κ3) is 4.18. The van der Waals surface area contributed by atoms with Gasteiger partial charge >= 0.3 is 0 Å². The summed E-state index contributed by atoms with van der Waals surface area (Å²) in [5.41, 5.74) is 6.84. The number of carbonyl (C=O) groups is 2. The standard InChI is InChI=1S/C21H29N7O3S/c1-4-5-6-11-31-13-9-7-12(8-10-13)14(22)18(29)23-15-19(30)28-16(17-24-26-27-25-17)21(2,3)32-20(15)28/h7-10,14-16,20H,4-6,11,22H2,1-3H3,(H,23,29)(H,24,25,26,27)/t14-,15?,16?,20-/m1/s1. The molecule has 0 radical (unpaired) electrons. The van der Waals surface area contributed by atoms with Gasteiger partial charge in [-0.05, 0) is 38.0 Å². The summed E-state index contributed by atoms with van der Waals surface area (Å²) in [4.78, 5) is 27.4. The Kier molecular flexibility index (Phi) is 6.38. The molecule has 2 aliphatic heterocycles. The molecule has 11 heteroatoms. The largest absolute Gasteiger partial charge is 0.494 e. The van der Waals surface area contributed by atoms with Crippen LogP contribution in [0.1, 0.15) is 63.5 Å². The lowest BCUT2D eigenvalue weighted by atomic mass is 9.95. The molecule has 2 aliphatic rings. The number of tetrazole rings is 1. The van der Waals surface area contributed by atoms with Gasteiger partial charge in [-0.1, -0.05) is 37.1 Å². The van der Waals surface area contributed by atoms with E-state index in [1.807, 2.05) is 26.0 Å². The first-order valence-corrected chi connectivity index (χ1v) is 11.7. The predicted octanol–water partition coefficient (Wildman–Crippen LogP) is 1.69. The van der Waals surface area contributed by atoms with Crippen LogP contribution in [0.3, 0.4) is 0 Å². The average molecular weight is 460 g/mol. The van der Waals surface area contributed by atoms with Crippen LogP contribution in [0.2, 0.25) is 0 Å². The summed E-state index contributed by atoms with van der Waals surface area (Å²) < 4.78 is 5.38. The summed E-state index contributed by atoms with van der Waals surface area (Å²) in [5.74, 6) is 0.663. The number of hydrogen-bond acceptors (Lipinski definition) is 8. The lowest BCUT2D eigenvalue weighted by molar-refractivity contribution is -0.152. The molecule has 4 atom stereocenters. The number of ether oxygens (including phenoxy) is 1. The molecule has 2 saturated heterocycles. The van der Waals surface area contributed by atoms with Crippen LogP contribution in [0.25, 0.3) is 0 Å². The first kappa shape index (κ1) is 22.5. The summed E-state index contributed by atoms with van der Waals surface area (Å²) in [7, 11) is 0. The molecule has 0 saturated carbocycles. The average Bonchev–Trinajstić information content (AvgIpc) is 3.39. The van der Waals surface area contributed by atoms with Crippen molar-refractivity contribution in [3.05, 3.63) is 35.7 Å². The van der Waals surface area contributed by atoms with Crippen LogP contribution >= 0.6 is 11.8 Å². The van der Waals surface area contributed by atoms with E-state index in [1.165, 1.54) is 0 Å². The van der Waals surface area contributed by atoms with Gasteiger partial charge in [0.1, 0.15) is 29.2 Å². The molecule has 0 spiro atoms. The molecule has 32 heavy (non-hydrogen) atoms. The molecule has 1 aromatic heterocycles. The monoisotopic (exact) mass is 459 g/mol. The highest BCUT2D eigenvalue weighted by Gasteiger charge is 2.63. The van der Waals surface area contributed by atoms with Gasteiger partial charge in [0.15, 0.2) is 5.82 Å². The molecule has 172 valence electrons. The van der Waals surface area contributed by atoms with Crippen molar-refractivity contribution in [2.24, 2.45) is 5.73 Å². The maximum Gasteiger partial charge on any atom is 0.249 e. The molecule has 2 amide bonds. The number of fused-ring (bicyclic) bond motifs is 1. The van der Waals surface area contributed by atoms with E-state index in [1.54, 1.807) is 28.8 Å². The topological polar surface area (TPSA) is 139 Å². The Morgan fingerprint density at radius 1 is 1.34 bits per heavy atom. The molecule has 0 bridgehead atoms. The fourth-order valence-corrected chi connectivity index (χ4v) is 5.79. The van der Waals surface area contributed by atoms with Crippen LogP contribution in [-0.2, 0) is 9.59 Å². The second-order valence-electron chi connectivity index (χ2n) is 8.62. The van der Waals surface area contributed by atoms with Crippen molar-refractivity contribution in [2.75, 3.05) is 6.61 Å². The fourth-order valence-electron chi connectivity index (χ4n) is 4.16. The van der Waals surface area contributed by atoms with Crippen LogP contribution in [-0.4, -0.2) is 60.1 Å². The Morgan fingerprint density at radius 3 is 2.75 bits per heavy atom. The number of rotatable bonds is 9. The number of hydrogen-bond donors (Lipinski definition) is 3. The van der Waals surface area contributed by atoms with Crippen LogP contribution in [0.5, 0.6) is 5.75 Å². The van der Waals surface area contributed by atoms with Crippen LogP contribution in [0.15, 0.2) is 24.3 Å². The molecule has 2 aromatic rings. The van der Waals surface area contributed by atoms with Crippen molar-refractivity contribution in [3.63, 3.8) is 0 Å². The van der Waals surface area contributed by atoms with Gasteiger partial charge in [0.25, 0.3) is 0 Å². The predicted molar refractivity (Wildman–Crippen MR) is 120 cm³/mol. The SMILES string of the molecule is CCCCCOc1ccc([C@@H](N)C(=O)NC2C(=O)N3C(c4nn[nH]n4)C(C)(C)S[C@H]23)cc1. The summed E-state index contributed by atoms with van der Waals surface area (Å²) >= 11 is 1.61. The Bertz CT molecular complexity index is 951. The number of unbranched alkanes of at least 4 members (excludes halogenated alkanes) is 2. The summed E-state index contributed by atoms with van der Waals surface area (Å²) in [6.07, 6.45) is 3.28. The molecule has 2 fully saturated rings. The van der Waals surface area contributed by atoms with E-state index in [-0.39, 0.29) is 28.0 Å². The molecule has 0 aliphatic carbocycles. The van der Waals surface area contributed by atoms with Gasteiger partial charge in [0.05, 0.1) is 6.61 Å². The van der Waals surface area contributed by atoms with Crippen molar-refractivity contribution in [2.45, 2.75) is 68.3 Å². The van der Waals surface area contributed by atoms with E-state index in [0.717, 1.165) is 25.0 Å². The normalized spacial score (nSPS) is 24.6. The maximum atomic E-state index is 12.9. The van der Waals surface area contributed by atoms with Gasteiger partial charge in [0, 0.05) is 4.75 Å². The van der Waals surface area contributed by atoms with Gasteiger partial charge in [-0.3, -0.25) is 9.59 Å². The van der Waals surface area contributed by atoms with Gasteiger partial charge in [-0.25, -0.2) is 0 Å². The van der Waals surface area contributed by atoms with Crippen molar-refractivity contribution >= 4 is 23.6 Å². The third-order valence-corrected chi connectivity index (χ3v) is 7.45. The van der Waals surface area contributed by atoms with E-state index >= 15 is 0 Å². The number of aromatic amines is 1. The van der Waals surface area contributed by atoms with E-state index in [4.69, 9.17) is 10.5 Å².